The molecule has 34 heavy (non-hydrogen) atoms. The van der Waals surface area contributed by atoms with Gasteiger partial charge in [-0.05, 0) is 36.7 Å². The maximum atomic E-state index is 9.84. The largest absolute Gasteiger partial charge is 0.459 e. The molecule has 0 radical (unpaired) electrons. The molecular weight excluding hydrogens is 446 g/mol. The van der Waals surface area contributed by atoms with Crippen LogP contribution in [0, 0.1) is 18.3 Å². The molecule has 1 unspecified atom stereocenters. The molecular formula is C25H27N7OS. The Labute approximate surface area is 203 Å². The fourth-order valence-corrected chi connectivity index (χ4v) is 4.67. The zero-order valence-corrected chi connectivity index (χ0v) is 20.1. The van der Waals surface area contributed by atoms with Crippen LogP contribution in [-0.4, -0.2) is 44.5 Å². The molecule has 2 N–H and O–H groups in total. The van der Waals surface area contributed by atoms with Crippen molar-refractivity contribution in [2.24, 2.45) is 5.73 Å². The number of aryl methyl sites for hydroxylation is 1. The third kappa shape index (κ3) is 5.72. The zero-order valence-electron chi connectivity index (χ0n) is 19.3. The lowest BCUT2D eigenvalue weighted by Gasteiger charge is -2.19. The number of rotatable bonds is 10. The summed E-state index contributed by atoms with van der Waals surface area (Å²) in [5, 5.41) is 10.5. The highest BCUT2D eigenvalue weighted by atomic mass is 32.1. The van der Waals surface area contributed by atoms with Gasteiger partial charge in [-0.15, -0.1) is 11.3 Å². The molecule has 0 amide bonds. The number of hydrogen-bond donors (Lipinski definition) is 1. The van der Waals surface area contributed by atoms with E-state index >= 15 is 0 Å². The number of fused-ring (bicyclic) bond motifs is 1. The molecule has 0 bridgehead atoms. The van der Waals surface area contributed by atoms with Crippen molar-refractivity contribution in [2.45, 2.75) is 32.9 Å². The Morgan fingerprint density at radius 1 is 1.15 bits per heavy atom. The van der Waals surface area contributed by atoms with Gasteiger partial charge in [-0.2, -0.15) is 10.2 Å². The molecule has 4 rings (SSSR count). The lowest BCUT2D eigenvalue weighted by molar-refractivity contribution is 0.279. The van der Waals surface area contributed by atoms with Crippen molar-refractivity contribution < 1.29 is 4.74 Å². The average Bonchev–Trinajstić information content (AvgIpc) is 3.26. The highest BCUT2D eigenvalue weighted by Gasteiger charge is 2.21. The molecule has 0 saturated carbocycles. The molecule has 1 atom stereocenters. The van der Waals surface area contributed by atoms with Crippen LogP contribution in [0.15, 0.2) is 48.8 Å². The van der Waals surface area contributed by atoms with Gasteiger partial charge in [-0.3, -0.25) is 9.88 Å². The van der Waals surface area contributed by atoms with Crippen molar-refractivity contribution in [1.29, 1.82) is 5.26 Å². The Bertz CT molecular complexity index is 1280. The Morgan fingerprint density at radius 2 is 1.94 bits per heavy atom. The van der Waals surface area contributed by atoms with Gasteiger partial charge in [0, 0.05) is 31.5 Å². The number of benzene rings is 1. The van der Waals surface area contributed by atoms with Crippen molar-refractivity contribution >= 4 is 21.6 Å². The molecule has 4 aromatic rings. The maximum absolute atomic E-state index is 9.84. The minimum atomic E-state index is -0.600. The fourth-order valence-electron chi connectivity index (χ4n) is 3.58. The van der Waals surface area contributed by atoms with E-state index < -0.39 is 5.92 Å². The number of pyridine rings is 1. The van der Waals surface area contributed by atoms with Gasteiger partial charge >= 0.3 is 6.01 Å². The number of hydrogen-bond acceptors (Lipinski definition) is 9. The summed E-state index contributed by atoms with van der Waals surface area (Å²) in [6.45, 7) is 7.78. The first-order chi connectivity index (χ1) is 16.6. The fraction of sp³-hybridized carbons (Fsp3) is 0.320. The summed E-state index contributed by atoms with van der Waals surface area (Å²) >= 11 is 1.48. The van der Waals surface area contributed by atoms with Crippen molar-refractivity contribution in [3.05, 3.63) is 76.3 Å². The molecule has 0 fully saturated rings. The van der Waals surface area contributed by atoms with Gasteiger partial charge in [0.25, 0.3) is 0 Å². The van der Waals surface area contributed by atoms with Gasteiger partial charge in [-0.25, -0.2) is 9.97 Å². The predicted molar refractivity (Wildman–Crippen MR) is 132 cm³/mol. The average molecular weight is 474 g/mol. The van der Waals surface area contributed by atoms with Crippen LogP contribution < -0.4 is 10.5 Å². The highest BCUT2D eigenvalue weighted by Crippen LogP contribution is 2.31. The van der Waals surface area contributed by atoms with Gasteiger partial charge in [0.05, 0.1) is 28.2 Å². The van der Waals surface area contributed by atoms with E-state index in [2.05, 4.69) is 50.0 Å². The van der Waals surface area contributed by atoms with E-state index in [1.54, 1.807) is 18.5 Å². The summed E-state index contributed by atoms with van der Waals surface area (Å²) in [5.41, 5.74) is 10.2. The summed E-state index contributed by atoms with van der Waals surface area (Å²) in [6.07, 6.45) is 3.35. The third-order valence-electron chi connectivity index (χ3n) is 5.44. The van der Waals surface area contributed by atoms with Crippen LogP contribution in [0.5, 0.6) is 6.01 Å². The van der Waals surface area contributed by atoms with E-state index in [-0.39, 0.29) is 6.01 Å². The SMILES string of the molecule is CCN(CCN)Cc1ccc(COc2nccc(C(C#N)c3nc4cnc(C)cc4s3)n2)cc1. The quantitative estimate of drug-likeness (QED) is 0.370. The molecule has 9 heteroatoms. The number of aromatic nitrogens is 4. The predicted octanol–water partition coefficient (Wildman–Crippen LogP) is 3.80. The molecule has 0 saturated heterocycles. The summed E-state index contributed by atoms with van der Waals surface area (Å²) in [4.78, 5) is 19.9. The first-order valence-electron chi connectivity index (χ1n) is 11.2. The van der Waals surface area contributed by atoms with Crippen molar-refractivity contribution in [1.82, 2.24) is 24.8 Å². The van der Waals surface area contributed by atoms with E-state index in [9.17, 15) is 5.26 Å². The summed E-state index contributed by atoms with van der Waals surface area (Å²) in [6, 6.07) is 14.6. The number of nitrogens with zero attached hydrogens (tertiary/aromatic N) is 6. The van der Waals surface area contributed by atoms with E-state index in [1.807, 2.05) is 25.1 Å². The Kier molecular flexibility index (Phi) is 7.75. The smallest absolute Gasteiger partial charge is 0.316 e. The van der Waals surface area contributed by atoms with Crippen LogP contribution in [0.3, 0.4) is 0 Å². The first kappa shape index (κ1) is 23.7. The molecule has 0 spiro atoms. The van der Waals surface area contributed by atoms with Crippen LogP contribution in [0.1, 0.15) is 40.4 Å². The second-order valence-electron chi connectivity index (χ2n) is 7.93. The van der Waals surface area contributed by atoms with Crippen LogP contribution in [0.4, 0.5) is 0 Å². The number of nitrogens with two attached hydrogens (primary N) is 1. The number of ether oxygens (including phenoxy) is 1. The van der Waals surface area contributed by atoms with Crippen LogP contribution in [0.2, 0.25) is 0 Å². The highest BCUT2D eigenvalue weighted by molar-refractivity contribution is 7.18. The molecule has 8 nitrogen and oxygen atoms in total. The van der Waals surface area contributed by atoms with Crippen molar-refractivity contribution in [3.63, 3.8) is 0 Å². The van der Waals surface area contributed by atoms with Gasteiger partial charge in [0.2, 0.25) is 0 Å². The molecule has 1 aromatic carbocycles. The molecule has 3 heterocycles. The summed E-state index contributed by atoms with van der Waals surface area (Å²) in [7, 11) is 0. The monoisotopic (exact) mass is 473 g/mol. The summed E-state index contributed by atoms with van der Waals surface area (Å²) < 4.78 is 6.83. The lowest BCUT2D eigenvalue weighted by Crippen LogP contribution is -2.28. The summed E-state index contributed by atoms with van der Waals surface area (Å²) in [5.74, 6) is -0.600. The van der Waals surface area contributed by atoms with Gasteiger partial charge in [-0.1, -0.05) is 31.2 Å². The minimum Gasteiger partial charge on any atom is -0.459 e. The molecule has 0 aliphatic carbocycles. The van der Waals surface area contributed by atoms with E-state index in [1.165, 1.54) is 16.9 Å². The first-order valence-corrected chi connectivity index (χ1v) is 12.0. The molecule has 0 aliphatic heterocycles. The van der Waals surface area contributed by atoms with Crippen molar-refractivity contribution in [2.75, 3.05) is 19.6 Å². The van der Waals surface area contributed by atoms with Crippen LogP contribution in [0.25, 0.3) is 10.2 Å². The number of thiazole rings is 1. The molecule has 174 valence electrons. The second-order valence-corrected chi connectivity index (χ2v) is 9.00. The number of nitriles is 1. The van der Waals surface area contributed by atoms with Crippen LogP contribution >= 0.6 is 11.3 Å². The van der Waals surface area contributed by atoms with Crippen LogP contribution in [-0.2, 0) is 13.2 Å². The normalized spacial score (nSPS) is 12.1. The molecule has 0 aliphatic rings. The van der Waals surface area contributed by atoms with Gasteiger partial charge < -0.3 is 10.5 Å². The Hall–Kier alpha value is -3.45. The lowest BCUT2D eigenvalue weighted by atomic mass is 10.1. The Morgan fingerprint density at radius 3 is 2.68 bits per heavy atom. The zero-order chi connectivity index (χ0) is 23.9. The standard InChI is InChI=1S/C25H27N7OS/c1-3-32(11-9-26)15-18-4-6-19(7-5-18)16-33-25-28-10-8-21(31-25)20(13-27)24-30-22-14-29-17(2)12-23(22)34-24/h4-8,10,12,14,20H,3,9,11,15-16,26H2,1-2H3. The maximum Gasteiger partial charge on any atom is 0.316 e. The second kappa shape index (κ2) is 11.1. The minimum absolute atomic E-state index is 0.237. The molecule has 3 aromatic heterocycles. The van der Waals surface area contributed by atoms with E-state index in [0.29, 0.717) is 23.9 Å². The van der Waals surface area contributed by atoms with Crippen molar-refractivity contribution in [3.8, 4) is 12.1 Å². The third-order valence-corrected chi connectivity index (χ3v) is 6.53. The van der Waals surface area contributed by atoms with E-state index in [4.69, 9.17) is 10.5 Å². The topological polar surface area (TPSA) is 114 Å². The van der Waals surface area contributed by atoms with E-state index in [0.717, 1.165) is 41.1 Å². The number of likely N-dealkylation sites (N-methyl/N-ethyl adjacent to an activating group) is 1. The Balaban J connectivity index is 1.43. The van der Waals surface area contributed by atoms with Gasteiger partial charge in [0.1, 0.15) is 17.5 Å². The van der Waals surface area contributed by atoms with Gasteiger partial charge in [0.15, 0.2) is 0 Å².